The van der Waals surface area contributed by atoms with Gasteiger partial charge in [-0.25, -0.2) is 14.4 Å². The largest absolute Gasteiger partial charge is 0.369 e. The Morgan fingerprint density at radius 2 is 2.09 bits per heavy atom. The molecule has 3 aromatic rings. The van der Waals surface area contributed by atoms with Gasteiger partial charge >= 0.3 is 0 Å². The number of rotatable bonds is 5. The Bertz CT molecular complexity index is 849. The molecule has 1 atom stereocenters. The van der Waals surface area contributed by atoms with E-state index in [2.05, 4.69) is 15.1 Å². The second-order valence-corrected chi connectivity index (χ2v) is 6.22. The second-order valence-electron chi connectivity index (χ2n) is 5.02. The van der Waals surface area contributed by atoms with Crippen LogP contribution in [0, 0.1) is 5.82 Å². The predicted molar refractivity (Wildman–Crippen MR) is 85.2 cm³/mol. The summed E-state index contributed by atoms with van der Waals surface area (Å²) in [7, 11) is 1.79. The van der Waals surface area contributed by atoms with Crippen LogP contribution in [0.25, 0.3) is 11.0 Å². The Balaban J connectivity index is 1.87. The number of fused-ring (bicyclic) bond motifs is 1. The molecule has 0 aliphatic heterocycles. The highest BCUT2D eigenvalue weighted by Gasteiger charge is 2.20. The molecule has 1 aromatic carbocycles. The van der Waals surface area contributed by atoms with Crippen LogP contribution in [0.2, 0.25) is 0 Å². The van der Waals surface area contributed by atoms with Crippen LogP contribution >= 0.6 is 11.8 Å². The molecule has 0 unspecified atom stereocenters. The average molecular weight is 331 g/mol. The van der Waals surface area contributed by atoms with Gasteiger partial charge < -0.3 is 5.73 Å². The zero-order valence-corrected chi connectivity index (χ0v) is 13.1. The molecule has 8 heteroatoms. The highest BCUT2D eigenvalue weighted by Crippen LogP contribution is 2.29. The molecule has 1 amide bonds. The molecule has 0 saturated heterocycles. The fraction of sp³-hybridized carbons (Fsp3) is 0.200. The first-order chi connectivity index (χ1) is 11.0. The van der Waals surface area contributed by atoms with Crippen molar-refractivity contribution in [3.05, 3.63) is 48.2 Å². The second kappa shape index (κ2) is 6.33. The third-order valence-corrected chi connectivity index (χ3v) is 4.63. The van der Waals surface area contributed by atoms with Crippen molar-refractivity contribution in [1.29, 1.82) is 0 Å². The highest BCUT2D eigenvalue weighted by atomic mass is 32.2. The molecule has 0 spiro atoms. The standard InChI is InChI=1S/C15H14FN5OS/c1-21-14-11(7-20-21)15(19-8-18-14)23-12(13(17)22)6-9-2-4-10(16)5-3-9/h2-5,7-8,12H,6H2,1H3,(H2,17,22)/t12-/m0/s1. The zero-order valence-electron chi connectivity index (χ0n) is 12.3. The average Bonchev–Trinajstić information content (AvgIpc) is 2.91. The van der Waals surface area contributed by atoms with E-state index in [1.807, 2.05) is 0 Å². The van der Waals surface area contributed by atoms with Gasteiger partial charge in [0.15, 0.2) is 5.65 Å². The number of carbonyl (C=O) groups excluding carboxylic acids is 1. The van der Waals surface area contributed by atoms with Crippen molar-refractivity contribution in [2.24, 2.45) is 12.8 Å². The van der Waals surface area contributed by atoms with Crippen LogP contribution in [0.4, 0.5) is 4.39 Å². The number of nitrogens with two attached hydrogens (primary N) is 1. The first-order valence-corrected chi connectivity index (χ1v) is 7.75. The first-order valence-electron chi connectivity index (χ1n) is 6.87. The molecule has 2 aromatic heterocycles. The van der Waals surface area contributed by atoms with Gasteiger partial charge in [-0.05, 0) is 24.1 Å². The molecule has 0 aliphatic carbocycles. The smallest absolute Gasteiger partial charge is 0.231 e. The van der Waals surface area contributed by atoms with Crippen molar-refractivity contribution in [2.75, 3.05) is 0 Å². The number of nitrogens with zero attached hydrogens (tertiary/aromatic N) is 4. The molecule has 23 heavy (non-hydrogen) atoms. The summed E-state index contributed by atoms with van der Waals surface area (Å²) in [5.74, 6) is -0.764. The molecule has 2 N–H and O–H groups in total. The maximum atomic E-state index is 13.0. The fourth-order valence-corrected chi connectivity index (χ4v) is 3.24. The van der Waals surface area contributed by atoms with Crippen LogP contribution in [0.3, 0.4) is 0 Å². The fourth-order valence-electron chi connectivity index (χ4n) is 2.20. The van der Waals surface area contributed by atoms with Crippen molar-refractivity contribution in [3.63, 3.8) is 0 Å². The number of aromatic nitrogens is 4. The van der Waals surface area contributed by atoms with Crippen molar-refractivity contribution >= 4 is 28.7 Å². The number of halogens is 1. The Morgan fingerprint density at radius 3 is 2.78 bits per heavy atom. The van der Waals surface area contributed by atoms with Crippen LogP contribution in [0.15, 0.2) is 41.8 Å². The van der Waals surface area contributed by atoms with Gasteiger partial charge in [0.05, 0.1) is 16.8 Å². The maximum Gasteiger partial charge on any atom is 0.231 e. The minimum atomic E-state index is -0.515. The van der Waals surface area contributed by atoms with Gasteiger partial charge in [0.25, 0.3) is 0 Å². The topological polar surface area (TPSA) is 86.7 Å². The summed E-state index contributed by atoms with van der Waals surface area (Å²) in [5.41, 5.74) is 7.03. The van der Waals surface area contributed by atoms with Gasteiger partial charge in [0.1, 0.15) is 17.2 Å². The molecule has 0 fully saturated rings. The van der Waals surface area contributed by atoms with Crippen molar-refractivity contribution in [1.82, 2.24) is 19.7 Å². The number of thioether (sulfide) groups is 1. The van der Waals surface area contributed by atoms with Crippen LogP contribution in [-0.4, -0.2) is 30.9 Å². The number of hydrogen-bond acceptors (Lipinski definition) is 5. The SMILES string of the molecule is Cn1ncc2c(S[C@@H](Cc3ccc(F)cc3)C(N)=O)ncnc21. The van der Waals surface area contributed by atoms with Gasteiger partial charge in [0.2, 0.25) is 5.91 Å². The summed E-state index contributed by atoms with van der Waals surface area (Å²) >= 11 is 1.27. The Labute approximate surface area is 135 Å². The van der Waals surface area contributed by atoms with E-state index in [1.165, 1.54) is 30.2 Å². The number of hydrogen-bond donors (Lipinski definition) is 1. The van der Waals surface area contributed by atoms with Crippen LogP contribution in [-0.2, 0) is 18.3 Å². The monoisotopic (exact) mass is 331 g/mol. The van der Waals surface area contributed by atoms with Crippen molar-refractivity contribution in [3.8, 4) is 0 Å². The third kappa shape index (κ3) is 3.31. The van der Waals surface area contributed by atoms with E-state index in [9.17, 15) is 9.18 Å². The number of carbonyl (C=O) groups is 1. The summed E-state index contributed by atoms with van der Waals surface area (Å²) < 4.78 is 14.6. The highest BCUT2D eigenvalue weighted by molar-refractivity contribution is 8.00. The van der Waals surface area contributed by atoms with E-state index < -0.39 is 11.2 Å². The summed E-state index contributed by atoms with van der Waals surface area (Å²) in [6.45, 7) is 0. The summed E-state index contributed by atoms with van der Waals surface area (Å²) in [5, 5.41) is 5.05. The van der Waals surface area contributed by atoms with E-state index in [0.717, 1.165) is 10.9 Å². The van der Waals surface area contributed by atoms with E-state index in [1.54, 1.807) is 30.1 Å². The van der Waals surface area contributed by atoms with Crippen LogP contribution in [0.5, 0.6) is 0 Å². The molecular weight excluding hydrogens is 317 g/mol. The lowest BCUT2D eigenvalue weighted by Crippen LogP contribution is -2.27. The van der Waals surface area contributed by atoms with E-state index in [-0.39, 0.29) is 5.82 Å². The number of amides is 1. The van der Waals surface area contributed by atoms with Crippen molar-refractivity contribution in [2.45, 2.75) is 16.7 Å². The molecule has 0 saturated carbocycles. The molecular formula is C15H14FN5OS. The van der Waals surface area contributed by atoms with Gasteiger partial charge in [-0.15, -0.1) is 0 Å². The van der Waals surface area contributed by atoms with Gasteiger partial charge in [-0.1, -0.05) is 23.9 Å². The van der Waals surface area contributed by atoms with Gasteiger partial charge in [-0.3, -0.25) is 9.48 Å². The number of aryl methyl sites for hydroxylation is 1. The Morgan fingerprint density at radius 1 is 1.35 bits per heavy atom. The minimum Gasteiger partial charge on any atom is -0.369 e. The molecule has 6 nitrogen and oxygen atoms in total. The first kappa shape index (κ1) is 15.4. The lowest BCUT2D eigenvalue weighted by Gasteiger charge is -2.13. The lowest BCUT2D eigenvalue weighted by molar-refractivity contribution is -0.117. The lowest BCUT2D eigenvalue weighted by atomic mass is 10.1. The molecule has 0 aliphatic rings. The molecule has 0 radical (unpaired) electrons. The quantitative estimate of drug-likeness (QED) is 0.568. The third-order valence-electron chi connectivity index (χ3n) is 3.40. The van der Waals surface area contributed by atoms with Crippen LogP contribution in [0.1, 0.15) is 5.56 Å². The zero-order chi connectivity index (χ0) is 16.4. The predicted octanol–water partition coefficient (Wildman–Crippen LogP) is 1.69. The van der Waals surface area contributed by atoms with Crippen LogP contribution < -0.4 is 5.73 Å². The van der Waals surface area contributed by atoms with E-state index >= 15 is 0 Å². The summed E-state index contributed by atoms with van der Waals surface area (Å²) in [4.78, 5) is 20.2. The van der Waals surface area contributed by atoms with E-state index in [0.29, 0.717) is 17.1 Å². The number of benzene rings is 1. The molecule has 3 rings (SSSR count). The number of primary amides is 1. The van der Waals surface area contributed by atoms with Gasteiger partial charge in [0, 0.05) is 7.05 Å². The minimum absolute atomic E-state index is 0.315. The van der Waals surface area contributed by atoms with Gasteiger partial charge in [-0.2, -0.15) is 5.10 Å². The summed E-state index contributed by atoms with van der Waals surface area (Å²) in [6, 6.07) is 6.01. The normalized spacial score (nSPS) is 12.4. The Kier molecular flexibility index (Phi) is 4.24. The molecule has 2 heterocycles. The van der Waals surface area contributed by atoms with E-state index in [4.69, 9.17) is 5.73 Å². The molecule has 118 valence electrons. The van der Waals surface area contributed by atoms with Crippen molar-refractivity contribution < 1.29 is 9.18 Å². The maximum absolute atomic E-state index is 13.0. The molecule has 0 bridgehead atoms. The Hall–Kier alpha value is -2.48. The summed E-state index contributed by atoms with van der Waals surface area (Å²) in [6.07, 6.45) is 3.49.